The second kappa shape index (κ2) is 11.5. The van der Waals surface area contributed by atoms with Gasteiger partial charge in [-0.1, -0.05) is 6.42 Å². The summed E-state index contributed by atoms with van der Waals surface area (Å²) in [6, 6.07) is 3.60. The molecule has 7 nitrogen and oxygen atoms in total. The predicted molar refractivity (Wildman–Crippen MR) is 117 cm³/mol. The Morgan fingerprint density at radius 3 is 2.56 bits per heavy atom. The number of aryl methyl sites for hydroxylation is 1. The fourth-order valence-corrected chi connectivity index (χ4v) is 2.70. The predicted octanol–water partition coefficient (Wildman–Crippen LogP) is 2.28. The molecule has 1 unspecified atom stereocenters. The van der Waals surface area contributed by atoms with E-state index in [0.717, 1.165) is 31.6 Å². The Hall–Kier alpha value is -1.29. The lowest BCUT2D eigenvalue weighted by atomic mass is 9.85. The molecule has 2 rings (SSSR count). The van der Waals surface area contributed by atoms with E-state index >= 15 is 0 Å². The lowest BCUT2D eigenvalue weighted by Crippen LogP contribution is -2.40. The Labute approximate surface area is 178 Å². The zero-order valence-corrected chi connectivity index (χ0v) is 18.8. The standard InChI is InChI=1S/C19H32N4O3.HI/c1-4-20-18(22-12-6-11-21-17(24)15-7-5-8-15)23-13-19(3,25)16-10-9-14(2)26-16;/h9-10,15,25H,4-8,11-13H2,1-3H3,(H,21,24)(H2,20,22,23);1H. The molecule has 1 aliphatic rings. The third kappa shape index (κ3) is 7.69. The Morgan fingerprint density at radius 2 is 2.00 bits per heavy atom. The van der Waals surface area contributed by atoms with Crippen molar-refractivity contribution in [1.82, 2.24) is 16.0 Å². The number of nitrogens with zero attached hydrogens (tertiary/aromatic N) is 1. The van der Waals surface area contributed by atoms with Crippen molar-refractivity contribution in [2.75, 3.05) is 26.2 Å². The number of carbonyl (C=O) groups excluding carboxylic acids is 1. The van der Waals surface area contributed by atoms with Crippen molar-refractivity contribution in [2.45, 2.75) is 52.1 Å². The van der Waals surface area contributed by atoms with Gasteiger partial charge in [-0.3, -0.25) is 4.79 Å². The van der Waals surface area contributed by atoms with Crippen molar-refractivity contribution in [2.24, 2.45) is 10.9 Å². The number of guanidine groups is 1. The van der Waals surface area contributed by atoms with Crippen molar-refractivity contribution >= 4 is 35.8 Å². The second-order valence-corrected chi connectivity index (χ2v) is 7.08. The topological polar surface area (TPSA) is 98.9 Å². The molecule has 1 aliphatic carbocycles. The number of furan rings is 1. The number of nitrogens with one attached hydrogen (secondary N) is 3. The van der Waals surface area contributed by atoms with Crippen molar-refractivity contribution < 1.29 is 14.3 Å². The summed E-state index contributed by atoms with van der Waals surface area (Å²) < 4.78 is 5.51. The molecule has 0 bridgehead atoms. The van der Waals surface area contributed by atoms with Crippen LogP contribution in [0, 0.1) is 12.8 Å². The number of halogens is 1. The van der Waals surface area contributed by atoms with Gasteiger partial charge in [-0.25, -0.2) is 4.99 Å². The Bertz CT molecular complexity index is 612. The summed E-state index contributed by atoms with van der Waals surface area (Å²) in [4.78, 5) is 16.2. The van der Waals surface area contributed by atoms with Gasteiger partial charge in [0.25, 0.3) is 0 Å². The Morgan fingerprint density at radius 1 is 1.30 bits per heavy atom. The third-order valence-corrected chi connectivity index (χ3v) is 4.58. The summed E-state index contributed by atoms with van der Waals surface area (Å²) in [5, 5.41) is 19.9. The van der Waals surface area contributed by atoms with E-state index in [2.05, 4.69) is 20.9 Å². The smallest absolute Gasteiger partial charge is 0.223 e. The lowest BCUT2D eigenvalue weighted by molar-refractivity contribution is -0.127. The maximum absolute atomic E-state index is 11.8. The van der Waals surface area contributed by atoms with Gasteiger partial charge in [0, 0.05) is 25.6 Å². The summed E-state index contributed by atoms with van der Waals surface area (Å²) in [6.45, 7) is 7.79. The summed E-state index contributed by atoms with van der Waals surface area (Å²) in [7, 11) is 0. The molecule has 8 heteroatoms. The molecular formula is C19H33IN4O3. The van der Waals surface area contributed by atoms with E-state index < -0.39 is 5.60 Å². The minimum absolute atomic E-state index is 0. The van der Waals surface area contributed by atoms with Gasteiger partial charge in [0.1, 0.15) is 17.1 Å². The monoisotopic (exact) mass is 492 g/mol. The van der Waals surface area contributed by atoms with Crippen LogP contribution in [0.5, 0.6) is 0 Å². The fraction of sp³-hybridized carbons (Fsp3) is 0.684. The van der Waals surface area contributed by atoms with Gasteiger partial charge in [-0.05, 0) is 52.2 Å². The highest BCUT2D eigenvalue weighted by Crippen LogP contribution is 2.26. The molecule has 1 heterocycles. The van der Waals surface area contributed by atoms with Gasteiger partial charge in [0.2, 0.25) is 5.91 Å². The first-order valence-electron chi connectivity index (χ1n) is 9.51. The number of hydrogen-bond acceptors (Lipinski definition) is 4. The van der Waals surface area contributed by atoms with E-state index in [9.17, 15) is 9.90 Å². The van der Waals surface area contributed by atoms with Gasteiger partial charge in [-0.15, -0.1) is 24.0 Å². The molecule has 1 fully saturated rings. The highest BCUT2D eigenvalue weighted by Gasteiger charge is 2.27. The van der Waals surface area contributed by atoms with Crippen LogP contribution in [0.15, 0.2) is 21.5 Å². The molecule has 0 radical (unpaired) electrons. The van der Waals surface area contributed by atoms with Crippen molar-refractivity contribution in [1.29, 1.82) is 0 Å². The van der Waals surface area contributed by atoms with Crippen LogP contribution in [-0.2, 0) is 10.4 Å². The van der Waals surface area contributed by atoms with E-state index in [1.54, 1.807) is 13.0 Å². The molecular weight excluding hydrogens is 459 g/mol. The van der Waals surface area contributed by atoms with E-state index in [1.165, 1.54) is 6.42 Å². The third-order valence-electron chi connectivity index (χ3n) is 4.58. The number of aliphatic imine (C=N–C) groups is 1. The first-order chi connectivity index (χ1) is 12.4. The molecule has 4 N–H and O–H groups in total. The zero-order valence-electron chi connectivity index (χ0n) is 16.5. The first-order valence-corrected chi connectivity index (χ1v) is 9.51. The molecule has 1 atom stereocenters. The quantitative estimate of drug-likeness (QED) is 0.184. The average molecular weight is 492 g/mol. The Balaban J connectivity index is 0.00000364. The van der Waals surface area contributed by atoms with Crippen molar-refractivity contribution in [3.8, 4) is 0 Å². The number of rotatable bonds is 9. The minimum atomic E-state index is -1.16. The van der Waals surface area contributed by atoms with Crippen molar-refractivity contribution in [3.05, 3.63) is 23.7 Å². The van der Waals surface area contributed by atoms with Crippen LogP contribution in [0.25, 0.3) is 0 Å². The van der Waals surface area contributed by atoms with E-state index in [1.807, 2.05) is 19.9 Å². The van der Waals surface area contributed by atoms with Crippen LogP contribution < -0.4 is 16.0 Å². The molecule has 154 valence electrons. The zero-order chi connectivity index (χ0) is 19.0. The van der Waals surface area contributed by atoms with E-state index in [-0.39, 0.29) is 42.3 Å². The van der Waals surface area contributed by atoms with E-state index in [0.29, 0.717) is 24.8 Å². The molecule has 1 aromatic heterocycles. The summed E-state index contributed by atoms with van der Waals surface area (Å²) in [6.07, 6.45) is 4.03. The van der Waals surface area contributed by atoms with Crippen LogP contribution in [0.2, 0.25) is 0 Å². The highest BCUT2D eigenvalue weighted by atomic mass is 127. The molecule has 1 aromatic rings. The molecule has 1 amide bonds. The largest absolute Gasteiger partial charge is 0.463 e. The van der Waals surface area contributed by atoms with E-state index in [4.69, 9.17) is 4.42 Å². The van der Waals surface area contributed by atoms with Gasteiger partial charge in [0.05, 0.1) is 6.54 Å². The minimum Gasteiger partial charge on any atom is -0.463 e. The maximum atomic E-state index is 11.8. The molecule has 1 saturated carbocycles. The second-order valence-electron chi connectivity index (χ2n) is 7.08. The van der Waals surface area contributed by atoms with Gasteiger partial charge < -0.3 is 25.5 Å². The van der Waals surface area contributed by atoms with Crippen LogP contribution in [0.4, 0.5) is 0 Å². The molecule has 0 saturated heterocycles. The first kappa shape index (κ1) is 23.7. The van der Waals surface area contributed by atoms with Crippen LogP contribution in [0.1, 0.15) is 51.1 Å². The summed E-state index contributed by atoms with van der Waals surface area (Å²) in [5.41, 5.74) is -1.16. The maximum Gasteiger partial charge on any atom is 0.223 e. The summed E-state index contributed by atoms with van der Waals surface area (Å²) >= 11 is 0. The Kier molecular flexibility index (Phi) is 10.1. The van der Waals surface area contributed by atoms with Crippen LogP contribution in [-0.4, -0.2) is 43.2 Å². The van der Waals surface area contributed by atoms with Gasteiger partial charge >= 0.3 is 0 Å². The van der Waals surface area contributed by atoms with Crippen molar-refractivity contribution in [3.63, 3.8) is 0 Å². The molecule has 0 aliphatic heterocycles. The number of carbonyl (C=O) groups is 1. The average Bonchev–Trinajstić information content (AvgIpc) is 2.98. The highest BCUT2D eigenvalue weighted by molar-refractivity contribution is 14.0. The van der Waals surface area contributed by atoms with Gasteiger partial charge in [0.15, 0.2) is 5.96 Å². The number of aliphatic hydroxyl groups is 1. The van der Waals surface area contributed by atoms with Gasteiger partial charge in [-0.2, -0.15) is 0 Å². The fourth-order valence-electron chi connectivity index (χ4n) is 2.70. The van der Waals surface area contributed by atoms with Crippen LogP contribution >= 0.6 is 24.0 Å². The lowest BCUT2D eigenvalue weighted by Gasteiger charge is -2.24. The SMILES string of the molecule is CCNC(=NCC(C)(O)c1ccc(C)o1)NCCCNC(=O)C1CCC1.I. The molecule has 27 heavy (non-hydrogen) atoms. The number of hydrogen-bond donors (Lipinski definition) is 4. The molecule has 0 spiro atoms. The number of amides is 1. The van der Waals surface area contributed by atoms with Crippen LogP contribution in [0.3, 0.4) is 0 Å². The summed E-state index contributed by atoms with van der Waals surface area (Å²) in [5.74, 6) is 2.32. The molecule has 0 aromatic carbocycles. The normalized spacial score (nSPS) is 16.7.